The van der Waals surface area contributed by atoms with E-state index in [0.717, 1.165) is 24.6 Å². The standard InChI is InChI=1S/C14H22N2OS/c1-12(17)15-7-8-18-11-14-6-4-5-13(9-14)10-16(2)3/h4-6,9H,7-8,10-11H2,1-3H3,(H,15,17). The van der Waals surface area contributed by atoms with Gasteiger partial charge in [0, 0.05) is 31.5 Å². The summed E-state index contributed by atoms with van der Waals surface area (Å²) in [4.78, 5) is 12.9. The molecule has 1 rings (SSSR count). The number of benzene rings is 1. The molecular weight excluding hydrogens is 244 g/mol. The SMILES string of the molecule is CC(=O)NCCSCc1cccc(CN(C)C)c1. The van der Waals surface area contributed by atoms with Crippen LogP contribution in [0, 0.1) is 0 Å². The van der Waals surface area contributed by atoms with E-state index in [1.54, 1.807) is 6.92 Å². The number of hydrogen-bond acceptors (Lipinski definition) is 3. The first-order chi connectivity index (χ1) is 8.58. The van der Waals surface area contributed by atoms with Crippen molar-refractivity contribution in [2.45, 2.75) is 19.2 Å². The summed E-state index contributed by atoms with van der Waals surface area (Å²) < 4.78 is 0. The number of carbonyl (C=O) groups excluding carboxylic acids is 1. The molecule has 0 radical (unpaired) electrons. The van der Waals surface area contributed by atoms with Crippen LogP contribution in [0.2, 0.25) is 0 Å². The first-order valence-electron chi connectivity index (χ1n) is 6.12. The summed E-state index contributed by atoms with van der Waals surface area (Å²) in [7, 11) is 4.16. The summed E-state index contributed by atoms with van der Waals surface area (Å²) >= 11 is 1.85. The monoisotopic (exact) mass is 266 g/mol. The Hall–Kier alpha value is -1.00. The molecule has 0 aromatic heterocycles. The molecule has 3 nitrogen and oxygen atoms in total. The Bertz CT molecular complexity index is 380. The van der Waals surface area contributed by atoms with Crippen LogP contribution in [0.25, 0.3) is 0 Å². The van der Waals surface area contributed by atoms with Gasteiger partial charge in [0.15, 0.2) is 0 Å². The fourth-order valence-electron chi connectivity index (χ4n) is 1.67. The number of carbonyl (C=O) groups is 1. The van der Waals surface area contributed by atoms with Gasteiger partial charge in [-0.2, -0.15) is 11.8 Å². The normalized spacial score (nSPS) is 10.7. The number of thioether (sulfide) groups is 1. The quantitative estimate of drug-likeness (QED) is 0.767. The summed E-state index contributed by atoms with van der Waals surface area (Å²) in [6.45, 7) is 3.27. The van der Waals surface area contributed by atoms with E-state index >= 15 is 0 Å². The highest BCUT2D eigenvalue weighted by atomic mass is 32.2. The van der Waals surface area contributed by atoms with E-state index in [2.05, 4.69) is 48.6 Å². The van der Waals surface area contributed by atoms with Crippen LogP contribution in [0.15, 0.2) is 24.3 Å². The molecule has 0 saturated heterocycles. The van der Waals surface area contributed by atoms with Gasteiger partial charge >= 0.3 is 0 Å². The third kappa shape index (κ3) is 6.67. The lowest BCUT2D eigenvalue weighted by molar-refractivity contribution is -0.118. The fourth-order valence-corrected chi connectivity index (χ4v) is 2.48. The first kappa shape index (κ1) is 15.1. The van der Waals surface area contributed by atoms with Gasteiger partial charge in [-0.1, -0.05) is 24.3 Å². The zero-order valence-electron chi connectivity index (χ0n) is 11.4. The van der Waals surface area contributed by atoms with Crippen molar-refractivity contribution in [2.24, 2.45) is 0 Å². The van der Waals surface area contributed by atoms with Crippen molar-refractivity contribution in [2.75, 3.05) is 26.4 Å². The second kappa shape index (κ2) is 8.16. The number of hydrogen-bond donors (Lipinski definition) is 1. The molecular formula is C14H22N2OS. The molecule has 0 unspecified atom stereocenters. The maximum atomic E-state index is 10.7. The minimum Gasteiger partial charge on any atom is -0.356 e. The largest absolute Gasteiger partial charge is 0.356 e. The van der Waals surface area contributed by atoms with Crippen molar-refractivity contribution in [3.8, 4) is 0 Å². The Balaban J connectivity index is 2.31. The smallest absolute Gasteiger partial charge is 0.216 e. The predicted molar refractivity (Wildman–Crippen MR) is 78.7 cm³/mol. The molecule has 4 heteroatoms. The third-order valence-electron chi connectivity index (χ3n) is 2.38. The van der Waals surface area contributed by atoms with Crippen molar-refractivity contribution in [3.63, 3.8) is 0 Å². The van der Waals surface area contributed by atoms with E-state index in [0.29, 0.717) is 0 Å². The van der Waals surface area contributed by atoms with Crippen molar-refractivity contribution in [1.82, 2.24) is 10.2 Å². The van der Waals surface area contributed by atoms with E-state index < -0.39 is 0 Å². The van der Waals surface area contributed by atoms with Crippen LogP contribution in [-0.4, -0.2) is 37.2 Å². The lowest BCUT2D eigenvalue weighted by Crippen LogP contribution is -2.22. The average molecular weight is 266 g/mol. The van der Waals surface area contributed by atoms with E-state index in [9.17, 15) is 4.79 Å². The van der Waals surface area contributed by atoms with Crippen LogP contribution in [0.4, 0.5) is 0 Å². The molecule has 1 amide bonds. The van der Waals surface area contributed by atoms with Gasteiger partial charge in [-0.15, -0.1) is 0 Å². The van der Waals surface area contributed by atoms with Crippen LogP contribution < -0.4 is 5.32 Å². The molecule has 1 aromatic carbocycles. The third-order valence-corrected chi connectivity index (χ3v) is 3.41. The van der Waals surface area contributed by atoms with Crippen LogP contribution in [0.1, 0.15) is 18.1 Å². The summed E-state index contributed by atoms with van der Waals surface area (Å²) in [6.07, 6.45) is 0. The van der Waals surface area contributed by atoms with E-state index in [1.165, 1.54) is 11.1 Å². The second-order valence-electron chi connectivity index (χ2n) is 4.59. The fraction of sp³-hybridized carbons (Fsp3) is 0.500. The van der Waals surface area contributed by atoms with E-state index in [1.807, 2.05) is 11.8 Å². The Morgan fingerprint density at radius 2 is 2.06 bits per heavy atom. The molecule has 100 valence electrons. The second-order valence-corrected chi connectivity index (χ2v) is 5.70. The van der Waals surface area contributed by atoms with Gasteiger partial charge in [0.2, 0.25) is 5.91 Å². The summed E-state index contributed by atoms with van der Waals surface area (Å²) in [5, 5.41) is 2.80. The molecule has 0 spiro atoms. The van der Waals surface area contributed by atoms with Crippen molar-refractivity contribution in [1.29, 1.82) is 0 Å². The van der Waals surface area contributed by atoms with E-state index in [4.69, 9.17) is 0 Å². The summed E-state index contributed by atoms with van der Waals surface area (Å²) in [5.41, 5.74) is 2.70. The maximum Gasteiger partial charge on any atom is 0.216 e. The van der Waals surface area contributed by atoms with Crippen LogP contribution in [-0.2, 0) is 17.1 Å². The molecule has 0 aliphatic carbocycles. The topological polar surface area (TPSA) is 32.3 Å². The molecule has 0 aliphatic heterocycles. The summed E-state index contributed by atoms with van der Waals surface area (Å²) in [6, 6.07) is 8.68. The molecule has 0 bridgehead atoms. The van der Waals surface area contributed by atoms with Gasteiger partial charge in [0.1, 0.15) is 0 Å². The van der Waals surface area contributed by atoms with Gasteiger partial charge < -0.3 is 10.2 Å². The zero-order chi connectivity index (χ0) is 13.4. The molecule has 0 aliphatic rings. The van der Waals surface area contributed by atoms with Crippen molar-refractivity contribution < 1.29 is 4.79 Å². The lowest BCUT2D eigenvalue weighted by atomic mass is 10.1. The zero-order valence-corrected chi connectivity index (χ0v) is 12.2. The molecule has 0 fully saturated rings. The van der Waals surface area contributed by atoms with Crippen molar-refractivity contribution >= 4 is 17.7 Å². The molecule has 1 N–H and O–H groups in total. The molecule has 0 heterocycles. The van der Waals surface area contributed by atoms with Crippen LogP contribution >= 0.6 is 11.8 Å². The number of amides is 1. The highest BCUT2D eigenvalue weighted by Gasteiger charge is 1.98. The minimum atomic E-state index is 0.0450. The Morgan fingerprint density at radius 3 is 2.72 bits per heavy atom. The highest BCUT2D eigenvalue weighted by molar-refractivity contribution is 7.98. The number of nitrogens with zero attached hydrogens (tertiary/aromatic N) is 1. The van der Waals surface area contributed by atoms with Crippen LogP contribution in [0.3, 0.4) is 0 Å². The summed E-state index contributed by atoms with van der Waals surface area (Å²) in [5.74, 6) is 2.00. The predicted octanol–water partition coefficient (Wildman–Crippen LogP) is 2.12. The Labute approximate surface area is 114 Å². The number of nitrogens with one attached hydrogen (secondary N) is 1. The number of rotatable bonds is 7. The van der Waals surface area contributed by atoms with E-state index in [-0.39, 0.29) is 5.91 Å². The van der Waals surface area contributed by atoms with Gasteiger partial charge in [0.25, 0.3) is 0 Å². The minimum absolute atomic E-state index is 0.0450. The first-order valence-corrected chi connectivity index (χ1v) is 7.28. The molecule has 18 heavy (non-hydrogen) atoms. The van der Waals surface area contributed by atoms with Crippen molar-refractivity contribution in [3.05, 3.63) is 35.4 Å². The molecule has 1 aromatic rings. The lowest BCUT2D eigenvalue weighted by Gasteiger charge is -2.10. The Kier molecular flexibility index (Phi) is 6.83. The highest BCUT2D eigenvalue weighted by Crippen LogP contribution is 2.14. The average Bonchev–Trinajstić information content (AvgIpc) is 2.27. The van der Waals surface area contributed by atoms with Gasteiger partial charge in [-0.05, 0) is 25.2 Å². The molecule has 0 saturated carbocycles. The van der Waals surface area contributed by atoms with Gasteiger partial charge in [-0.25, -0.2) is 0 Å². The van der Waals surface area contributed by atoms with Crippen LogP contribution in [0.5, 0.6) is 0 Å². The molecule has 0 atom stereocenters. The van der Waals surface area contributed by atoms with Gasteiger partial charge in [0.05, 0.1) is 0 Å². The maximum absolute atomic E-state index is 10.7. The Morgan fingerprint density at radius 1 is 1.33 bits per heavy atom. The van der Waals surface area contributed by atoms with Gasteiger partial charge in [-0.3, -0.25) is 4.79 Å².